The van der Waals surface area contributed by atoms with Crippen LogP contribution >= 0.6 is 0 Å². The summed E-state index contributed by atoms with van der Waals surface area (Å²) >= 11 is 0. The summed E-state index contributed by atoms with van der Waals surface area (Å²) in [6, 6.07) is 6.90. The molecule has 0 radical (unpaired) electrons. The zero-order valence-electron chi connectivity index (χ0n) is 19.3. The third-order valence-electron chi connectivity index (χ3n) is 7.43. The van der Waals surface area contributed by atoms with Crippen molar-refractivity contribution in [3.05, 3.63) is 62.3 Å². The highest BCUT2D eigenvalue weighted by Gasteiger charge is 2.39. The van der Waals surface area contributed by atoms with Crippen molar-refractivity contribution in [2.24, 2.45) is 5.92 Å². The summed E-state index contributed by atoms with van der Waals surface area (Å²) in [4.78, 5) is 28.1. The number of amides is 1. The molecule has 35 heavy (non-hydrogen) atoms. The number of aromatic amines is 1. The van der Waals surface area contributed by atoms with E-state index in [0.717, 1.165) is 34.5 Å². The number of H-pyrrole nitrogens is 1. The zero-order chi connectivity index (χ0) is 24.4. The predicted octanol–water partition coefficient (Wildman–Crippen LogP) is 0.823. The molecule has 182 valence electrons. The van der Waals surface area contributed by atoms with E-state index in [1.54, 1.807) is 24.9 Å². The largest absolute Gasteiger partial charge is 0.595 e. The molecular formula is C24H25N5O6. The smallest absolute Gasteiger partial charge is 0.315 e. The van der Waals surface area contributed by atoms with Gasteiger partial charge in [-0.3, -0.25) is 14.7 Å². The molecule has 1 aliphatic carbocycles. The van der Waals surface area contributed by atoms with Crippen LogP contribution in [0.2, 0.25) is 0 Å². The number of likely N-dealkylation sites (tertiary alicyclic amines) is 1. The third kappa shape index (κ3) is 3.27. The van der Waals surface area contributed by atoms with Crippen LogP contribution in [0, 0.1) is 11.1 Å². The maximum atomic E-state index is 13.6. The molecule has 1 fully saturated rings. The number of piperidine rings is 1. The fourth-order valence-corrected chi connectivity index (χ4v) is 5.85. The van der Waals surface area contributed by atoms with Crippen LogP contribution in [0.4, 0.5) is 5.69 Å². The first kappa shape index (κ1) is 21.8. The number of rotatable bonds is 4. The molecular weight excluding hydrogens is 454 g/mol. The number of fused-ring (bicyclic) bond motifs is 7. The quantitative estimate of drug-likeness (QED) is 0.369. The molecule has 2 aromatic heterocycles. The number of hydrogen-bond donors (Lipinski definition) is 3. The van der Waals surface area contributed by atoms with Crippen LogP contribution in [0.5, 0.6) is 11.5 Å². The van der Waals surface area contributed by atoms with Gasteiger partial charge < -0.3 is 24.1 Å². The Morgan fingerprint density at radius 2 is 1.97 bits per heavy atom. The molecule has 0 saturated carbocycles. The number of ether oxygens (including phenoxy) is 2. The van der Waals surface area contributed by atoms with E-state index in [0.29, 0.717) is 43.2 Å². The Bertz CT molecular complexity index is 1410. The maximum absolute atomic E-state index is 13.6. The lowest BCUT2D eigenvalue weighted by Gasteiger charge is -2.42. The molecule has 2 aliphatic heterocycles. The predicted molar refractivity (Wildman–Crippen MR) is 123 cm³/mol. The van der Waals surface area contributed by atoms with Crippen LogP contribution in [0.1, 0.15) is 39.6 Å². The van der Waals surface area contributed by atoms with Crippen LogP contribution in [-0.2, 0) is 13.0 Å². The lowest BCUT2D eigenvalue weighted by molar-refractivity contribution is -0.992. The normalized spacial score (nSPS) is 20.6. The molecule has 11 heteroatoms. The molecule has 3 N–H and O–H groups in total. The zero-order valence-corrected chi connectivity index (χ0v) is 19.3. The van der Waals surface area contributed by atoms with Gasteiger partial charge in [0.1, 0.15) is 5.69 Å². The maximum Gasteiger partial charge on any atom is 0.315 e. The van der Waals surface area contributed by atoms with Gasteiger partial charge in [-0.1, -0.05) is 0 Å². The minimum atomic E-state index is -1.22. The second kappa shape index (κ2) is 7.94. The fraction of sp³-hybridized carbons (Fsp3) is 0.375. The molecule has 1 unspecified atom stereocenters. The van der Waals surface area contributed by atoms with Crippen molar-refractivity contribution in [2.45, 2.75) is 25.3 Å². The number of carbonyl (C=O) groups is 1. The van der Waals surface area contributed by atoms with Gasteiger partial charge in [0.05, 0.1) is 19.9 Å². The highest BCUT2D eigenvalue weighted by Crippen LogP contribution is 2.43. The molecule has 1 saturated heterocycles. The first-order chi connectivity index (χ1) is 16.9. The van der Waals surface area contributed by atoms with E-state index in [2.05, 4.69) is 10.2 Å². The number of methoxy groups -OCH3 is 2. The van der Waals surface area contributed by atoms with E-state index in [1.807, 2.05) is 17.0 Å². The second-order valence-electron chi connectivity index (χ2n) is 9.37. The summed E-state index contributed by atoms with van der Waals surface area (Å²) in [6.07, 6.45) is 1.43. The third-order valence-corrected chi connectivity index (χ3v) is 7.43. The van der Waals surface area contributed by atoms with E-state index in [4.69, 9.17) is 9.47 Å². The average Bonchev–Trinajstić information content (AvgIpc) is 3.42. The average molecular weight is 479 g/mol. The Labute approximate surface area is 200 Å². The van der Waals surface area contributed by atoms with E-state index in [9.17, 15) is 20.0 Å². The molecule has 6 rings (SSSR count). The van der Waals surface area contributed by atoms with Crippen LogP contribution in [-0.4, -0.2) is 58.1 Å². The number of quaternary nitrogens is 1. The molecule has 11 nitrogen and oxygen atoms in total. The highest BCUT2D eigenvalue weighted by atomic mass is 16.8. The number of hydrogen-bond acceptors (Lipinski definition) is 7. The van der Waals surface area contributed by atoms with Crippen molar-refractivity contribution in [1.82, 2.24) is 19.7 Å². The minimum absolute atomic E-state index is 0.0244. The summed E-state index contributed by atoms with van der Waals surface area (Å²) in [5, 5.41) is 26.9. The van der Waals surface area contributed by atoms with Gasteiger partial charge in [-0.25, -0.2) is 5.21 Å². The molecule has 3 atom stereocenters. The minimum Gasteiger partial charge on any atom is -0.595 e. The second-order valence-corrected chi connectivity index (χ2v) is 9.37. The Morgan fingerprint density at radius 3 is 2.71 bits per heavy atom. The number of carbonyl (C=O) groups excluding carboxylic acids is 1. The van der Waals surface area contributed by atoms with Crippen molar-refractivity contribution >= 4 is 11.6 Å². The molecule has 1 aromatic carbocycles. The van der Waals surface area contributed by atoms with Gasteiger partial charge in [0.15, 0.2) is 11.5 Å². The number of aromatic nitrogens is 3. The van der Waals surface area contributed by atoms with E-state index >= 15 is 0 Å². The first-order valence-electron chi connectivity index (χ1n) is 11.5. The van der Waals surface area contributed by atoms with Crippen molar-refractivity contribution in [2.75, 3.05) is 27.3 Å². The molecule has 3 aliphatic rings. The fourth-order valence-electron chi connectivity index (χ4n) is 5.85. The molecule has 0 spiro atoms. The summed E-state index contributed by atoms with van der Waals surface area (Å²) in [5.74, 6) is 1.19. The van der Waals surface area contributed by atoms with E-state index in [1.165, 1.54) is 6.07 Å². The number of benzene rings is 1. The number of nitrogens with zero attached hydrogens (tertiary/aromatic N) is 3. The Balaban J connectivity index is 1.29. The number of pyridine rings is 1. The van der Waals surface area contributed by atoms with Gasteiger partial charge in [-0.2, -0.15) is 10.3 Å². The summed E-state index contributed by atoms with van der Waals surface area (Å²) in [7, 11) is 3.18. The molecule has 1 amide bonds. The molecule has 3 aromatic rings. The molecule has 4 heterocycles. The Hall–Kier alpha value is -3.67. The van der Waals surface area contributed by atoms with Gasteiger partial charge in [0.2, 0.25) is 5.69 Å². The monoisotopic (exact) mass is 479 g/mol. The van der Waals surface area contributed by atoms with Crippen LogP contribution < -0.4 is 20.3 Å². The summed E-state index contributed by atoms with van der Waals surface area (Å²) in [5.41, 5.74) is 4.13. The Kier molecular flexibility index (Phi) is 4.95. The van der Waals surface area contributed by atoms with Gasteiger partial charge >= 0.3 is 5.56 Å². The van der Waals surface area contributed by atoms with E-state index in [-0.39, 0.29) is 23.4 Å². The van der Waals surface area contributed by atoms with Crippen molar-refractivity contribution in [3.8, 4) is 22.8 Å². The summed E-state index contributed by atoms with van der Waals surface area (Å²) in [6.45, 7) is 1.37. The first-order valence-corrected chi connectivity index (χ1v) is 11.5. The highest BCUT2D eigenvalue weighted by molar-refractivity contribution is 5.97. The lowest BCUT2D eigenvalue weighted by atomic mass is 9.83. The Morgan fingerprint density at radius 1 is 1.20 bits per heavy atom. The van der Waals surface area contributed by atoms with Gasteiger partial charge in [-0.05, 0) is 36.1 Å². The van der Waals surface area contributed by atoms with Crippen LogP contribution in [0.3, 0.4) is 0 Å². The molecule has 2 bridgehead atoms. The van der Waals surface area contributed by atoms with Crippen molar-refractivity contribution in [1.29, 1.82) is 0 Å². The van der Waals surface area contributed by atoms with Gasteiger partial charge in [0.25, 0.3) is 5.91 Å². The van der Waals surface area contributed by atoms with E-state index < -0.39 is 10.8 Å². The van der Waals surface area contributed by atoms with Crippen LogP contribution in [0.15, 0.2) is 29.1 Å². The van der Waals surface area contributed by atoms with Crippen LogP contribution in [0.25, 0.3) is 11.3 Å². The topological polar surface area (TPSA) is 137 Å². The SMILES string of the molecule is COc1cc2c(cc1OC)-c1n[nH]c(C(=O)N3C[C@H]4C[C@@H](C3)c3ccc([NH+]([O-])O)c(=O)n3C4)c1C2. The lowest BCUT2D eigenvalue weighted by Crippen LogP contribution is -3.00. The summed E-state index contributed by atoms with van der Waals surface area (Å²) < 4.78 is 12.4. The van der Waals surface area contributed by atoms with Crippen molar-refractivity contribution in [3.63, 3.8) is 0 Å². The van der Waals surface area contributed by atoms with Gasteiger partial charge in [0, 0.05) is 54.9 Å². The number of nitrogens with one attached hydrogen (secondary N) is 2. The van der Waals surface area contributed by atoms with Crippen molar-refractivity contribution < 1.29 is 24.7 Å². The van der Waals surface area contributed by atoms with Gasteiger partial charge in [-0.15, -0.1) is 0 Å². The standard InChI is InChI=1S/C24H25N5O6/c1-34-19-7-13-6-16-21(15(13)8-20(19)35-2)25-26-22(16)24(31)27-9-12-5-14(11-27)17-3-4-18(29(32)33)23(30)28(17)10-12/h3-4,7-8,12,14,29,32H,5-6,9-11H2,1-2H3,(H,25,26)/t12-,14+/m1/s1.